The number of rotatable bonds is 4. The Morgan fingerprint density at radius 2 is 1.74 bits per heavy atom. The molecule has 3 rings (SSSR count). The van der Waals surface area contributed by atoms with E-state index in [1.807, 2.05) is 0 Å². The largest absolute Gasteiger partial charge is 0.490 e. The number of carbonyl (C=O) groups is 2. The number of benzene rings is 1. The summed E-state index contributed by atoms with van der Waals surface area (Å²) in [6.07, 6.45) is 3.77. The highest BCUT2D eigenvalue weighted by atomic mass is 16.5. The second-order valence-corrected chi connectivity index (χ2v) is 4.95. The topological polar surface area (TPSA) is 74.7 Å². The third-order valence-corrected chi connectivity index (χ3v) is 3.32. The maximum Gasteiger partial charge on any atom is 0.338 e. The summed E-state index contributed by atoms with van der Waals surface area (Å²) >= 11 is 0. The first kappa shape index (κ1) is 15.0. The maximum atomic E-state index is 12.2. The summed E-state index contributed by atoms with van der Waals surface area (Å²) in [5.41, 5.74) is 0.767. The molecule has 0 atom stereocenters. The number of esters is 1. The molecule has 1 aliphatic heterocycles. The first-order chi connectivity index (χ1) is 11.2. The Hall–Kier alpha value is -2.89. The average molecular weight is 313 g/mol. The summed E-state index contributed by atoms with van der Waals surface area (Å²) in [6.45, 7) is 0.798. The van der Waals surface area contributed by atoms with Crippen molar-refractivity contribution in [1.82, 2.24) is 4.98 Å². The fourth-order valence-corrected chi connectivity index (χ4v) is 2.12. The summed E-state index contributed by atoms with van der Waals surface area (Å²) in [6, 6.07) is 8.00. The normalized spacial score (nSPS) is 13.0. The number of aromatic nitrogens is 1. The monoisotopic (exact) mass is 313 g/mol. The lowest BCUT2D eigenvalue weighted by atomic mass is 10.1. The lowest BCUT2D eigenvalue weighted by Crippen LogP contribution is -2.14. The smallest absolute Gasteiger partial charge is 0.338 e. The number of fused-ring (bicyclic) bond motifs is 1. The predicted octanol–water partition coefficient (Wildman–Crippen LogP) is 2.28. The van der Waals surface area contributed by atoms with Gasteiger partial charge in [-0.25, -0.2) is 4.79 Å². The number of ether oxygens (including phenoxy) is 3. The molecule has 1 aliphatic rings. The Bertz CT molecular complexity index is 714. The van der Waals surface area contributed by atoms with Gasteiger partial charge >= 0.3 is 5.97 Å². The molecule has 6 heteroatoms. The van der Waals surface area contributed by atoms with Gasteiger partial charge in [-0.1, -0.05) is 0 Å². The Kier molecular flexibility index (Phi) is 4.52. The van der Waals surface area contributed by atoms with Crippen LogP contribution < -0.4 is 9.47 Å². The molecule has 23 heavy (non-hydrogen) atoms. The summed E-state index contributed by atoms with van der Waals surface area (Å²) in [7, 11) is 0. The third kappa shape index (κ3) is 3.66. The van der Waals surface area contributed by atoms with Gasteiger partial charge in [0.15, 0.2) is 23.9 Å². The first-order valence-corrected chi connectivity index (χ1v) is 7.24. The Labute approximate surface area is 133 Å². The number of hydrogen-bond donors (Lipinski definition) is 0. The van der Waals surface area contributed by atoms with Crippen LogP contribution in [0.15, 0.2) is 42.7 Å². The molecule has 0 saturated heterocycles. The number of hydrogen-bond acceptors (Lipinski definition) is 6. The van der Waals surface area contributed by atoms with Crippen molar-refractivity contribution in [2.75, 3.05) is 19.8 Å². The van der Waals surface area contributed by atoms with Gasteiger partial charge in [-0.05, 0) is 30.3 Å². The molecule has 0 spiro atoms. The number of pyridine rings is 1. The molecule has 0 aliphatic carbocycles. The maximum absolute atomic E-state index is 12.2. The van der Waals surface area contributed by atoms with E-state index in [0.29, 0.717) is 35.8 Å². The van der Waals surface area contributed by atoms with Crippen molar-refractivity contribution in [2.45, 2.75) is 6.42 Å². The quantitative estimate of drug-likeness (QED) is 0.637. The van der Waals surface area contributed by atoms with E-state index in [1.165, 1.54) is 24.5 Å². The van der Waals surface area contributed by atoms with Gasteiger partial charge in [-0.3, -0.25) is 9.78 Å². The van der Waals surface area contributed by atoms with Gasteiger partial charge in [-0.2, -0.15) is 0 Å². The third-order valence-electron chi connectivity index (χ3n) is 3.32. The van der Waals surface area contributed by atoms with Crippen LogP contribution in [0, 0.1) is 0 Å². The Morgan fingerprint density at radius 1 is 1.00 bits per heavy atom. The van der Waals surface area contributed by atoms with Crippen LogP contribution in [0.1, 0.15) is 27.1 Å². The van der Waals surface area contributed by atoms with Gasteiger partial charge in [0.25, 0.3) is 0 Å². The molecule has 2 aromatic rings. The van der Waals surface area contributed by atoms with E-state index in [-0.39, 0.29) is 12.4 Å². The second kappa shape index (κ2) is 6.91. The van der Waals surface area contributed by atoms with Gasteiger partial charge in [0.05, 0.1) is 18.8 Å². The number of ketones is 1. The highest BCUT2D eigenvalue weighted by Gasteiger charge is 2.16. The summed E-state index contributed by atoms with van der Waals surface area (Å²) in [5, 5.41) is 0. The lowest BCUT2D eigenvalue weighted by Gasteiger charge is -2.09. The minimum atomic E-state index is -0.560. The molecular formula is C17H15NO5. The molecule has 0 amide bonds. The Morgan fingerprint density at radius 3 is 2.52 bits per heavy atom. The molecule has 0 saturated carbocycles. The van der Waals surface area contributed by atoms with E-state index in [4.69, 9.17) is 14.2 Å². The van der Waals surface area contributed by atoms with E-state index < -0.39 is 5.97 Å². The summed E-state index contributed by atoms with van der Waals surface area (Å²) in [4.78, 5) is 27.8. The molecule has 0 fully saturated rings. The zero-order valence-corrected chi connectivity index (χ0v) is 12.4. The van der Waals surface area contributed by atoms with E-state index in [0.717, 1.165) is 6.42 Å². The minimum absolute atomic E-state index is 0.303. The standard InChI is InChI=1S/C17H15NO5/c19-14(11-23-17(20)12-4-6-18-7-5-12)13-2-3-15-16(10-13)22-9-1-8-21-15/h2-7,10H,1,8-9,11H2. The van der Waals surface area contributed by atoms with Gasteiger partial charge in [0.2, 0.25) is 0 Å². The molecule has 6 nitrogen and oxygen atoms in total. The van der Waals surface area contributed by atoms with Crippen LogP contribution in [0.5, 0.6) is 11.5 Å². The predicted molar refractivity (Wildman–Crippen MR) is 80.9 cm³/mol. The van der Waals surface area contributed by atoms with Crippen LogP contribution in [0.2, 0.25) is 0 Å². The molecule has 0 N–H and O–H groups in total. The molecule has 1 aromatic carbocycles. The van der Waals surface area contributed by atoms with E-state index in [1.54, 1.807) is 18.2 Å². The number of carbonyl (C=O) groups excluding carboxylic acids is 2. The van der Waals surface area contributed by atoms with Crippen molar-refractivity contribution >= 4 is 11.8 Å². The van der Waals surface area contributed by atoms with E-state index in [2.05, 4.69) is 4.98 Å². The number of nitrogens with zero attached hydrogens (tertiary/aromatic N) is 1. The van der Waals surface area contributed by atoms with Crippen molar-refractivity contribution in [3.05, 3.63) is 53.9 Å². The lowest BCUT2D eigenvalue weighted by molar-refractivity contribution is 0.0474. The SMILES string of the molecule is O=C(COC(=O)c1ccncc1)c1ccc2c(c1)OCCCO2. The van der Waals surface area contributed by atoms with Crippen molar-refractivity contribution < 1.29 is 23.8 Å². The fourth-order valence-electron chi connectivity index (χ4n) is 2.12. The highest BCUT2D eigenvalue weighted by molar-refractivity contribution is 5.99. The molecule has 0 bridgehead atoms. The Balaban J connectivity index is 1.64. The number of Topliss-reactive ketones (excluding diaryl/α,β-unsaturated/α-hetero) is 1. The molecule has 0 unspecified atom stereocenters. The van der Waals surface area contributed by atoms with Crippen LogP contribution in [0.25, 0.3) is 0 Å². The van der Waals surface area contributed by atoms with Crippen molar-refractivity contribution in [2.24, 2.45) is 0 Å². The molecule has 1 aromatic heterocycles. The minimum Gasteiger partial charge on any atom is -0.490 e. The van der Waals surface area contributed by atoms with Crippen LogP contribution in [-0.2, 0) is 4.74 Å². The van der Waals surface area contributed by atoms with E-state index in [9.17, 15) is 9.59 Å². The highest BCUT2D eigenvalue weighted by Crippen LogP contribution is 2.30. The van der Waals surface area contributed by atoms with Gasteiger partial charge in [0.1, 0.15) is 0 Å². The van der Waals surface area contributed by atoms with Crippen molar-refractivity contribution in [3.8, 4) is 11.5 Å². The fraction of sp³-hybridized carbons (Fsp3) is 0.235. The van der Waals surface area contributed by atoms with Crippen molar-refractivity contribution in [1.29, 1.82) is 0 Å². The van der Waals surface area contributed by atoms with Crippen LogP contribution >= 0.6 is 0 Å². The van der Waals surface area contributed by atoms with Gasteiger partial charge < -0.3 is 14.2 Å². The van der Waals surface area contributed by atoms with Gasteiger partial charge in [0, 0.05) is 24.4 Å². The first-order valence-electron chi connectivity index (χ1n) is 7.24. The van der Waals surface area contributed by atoms with Crippen LogP contribution in [-0.4, -0.2) is 36.6 Å². The van der Waals surface area contributed by atoms with Crippen molar-refractivity contribution in [3.63, 3.8) is 0 Å². The summed E-state index contributed by atoms with van der Waals surface area (Å²) < 4.78 is 16.1. The van der Waals surface area contributed by atoms with Crippen LogP contribution in [0.4, 0.5) is 0 Å². The zero-order valence-electron chi connectivity index (χ0n) is 12.4. The van der Waals surface area contributed by atoms with Gasteiger partial charge in [-0.15, -0.1) is 0 Å². The summed E-state index contributed by atoms with van der Waals surface area (Å²) in [5.74, 6) is 0.291. The zero-order chi connectivity index (χ0) is 16.1. The van der Waals surface area contributed by atoms with Crippen LogP contribution in [0.3, 0.4) is 0 Å². The molecular weight excluding hydrogens is 298 g/mol. The second-order valence-electron chi connectivity index (χ2n) is 4.95. The average Bonchev–Trinajstić information content (AvgIpc) is 2.84. The molecule has 0 radical (unpaired) electrons. The molecule has 118 valence electrons. The molecule has 2 heterocycles. The van der Waals surface area contributed by atoms with E-state index >= 15 is 0 Å².